The van der Waals surface area contributed by atoms with Gasteiger partial charge in [0.25, 0.3) is 0 Å². The monoisotopic (exact) mass is 356 g/mol. The van der Waals surface area contributed by atoms with Gasteiger partial charge in [-0.05, 0) is 37.1 Å². The van der Waals surface area contributed by atoms with E-state index in [0.29, 0.717) is 18.3 Å². The van der Waals surface area contributed by atoms with Gasteiger partial charge in [-0.2, -0.15) is 0 Å². The van der Waals surface area contributed by atoms with E-state index in [1.54, 1.807) is 12.1 Å². The van der Waals surface area contributed by atoms with Crippen molar-refractivity contribution in [3.63, 3.8) is 0 Å². The number of nitrogens with zero attached hydrogens (tertiary/aromatic N) is 1. The fraction of sp³-hybridized carbons (Fsp3) is 0.381. The highest BCUT2D eigenvalue weighted by molar-refractivity contribution is 5.76. The van der Waals surface area contributed by atoms with E-state index in [-0.39, 0.29) is 18.9 Å². The van der Waals surface area contributed by atoms with E-state index in [1.807, 2.05) is 30.3 Å². The van der Waals surface area contributed by atoms with E-state index < -0.39 is 6.10 Å². The van der Waals surface area contributed by atoms with Crippen molar-refractivity contribution in [1.29, 1.82) is 0 Å². The first-order chi connectivity index (χ1) is 12.4. The molecule has 1 unspecified atom stereocenters. The summed E-state index contributed by atoms with van der Waals surface area (Å²) < 4.78 is 5.67. The number of carbonyl (C=O) groups excluding carboxylic acids is 1. The zero-order chi connectivity index (χ0) is 18.9. The minimum atomic E-state index is -0.591. The summed E-state index contributed by atoms with van der Waals surface area (Å²) in [6.45, 7) is 5.78. The summed E-state index contributed by atoms with van der Waals surface area (Å²) in [5, 5.41) is 10.4. The Kier molecular flexibility index (Phi) is 7.63. The predicted molar refractivity (Wildman–Crippen MR) is 103 cm³/mol. The Labute approximate surface area is 155 Å². The van der Waals surface area contributed by atoms with E-state index >= 15 is 0 Å². The smallest absolute Gasteiger partial charge is 0.221 e. The summed E-state index contributed by atoms with van der Waals surface area (Å²) in [6.07, 6.45) is -0.377. The molecule has 26 heavy (non-hydrogen) atoms. The van der Waals surface area contributed by atoms with Gasteiger partial charge in [-0.25, -0.2) is 0 Å². The van der Waals surface area contributed by atoms with Crippen LogP contribution >= 0.6 is 0 Å². The number of nitrogens with two attached hydrogens (primary N) is 1. The van der Waals surface area contributed by atoms with Gasteiger partial charge < -0.3 is 15.6 Å². The molecule has 0 aliphatic heterocycles. The molecule has 2 aromatic rings. The summed E-state index contributed by atoms with van der Waals surface area (Å²) in [6, 6.07) is 17.7. The molecule has 0 aliphatic carbocycles. The quantitative estimate of drug-likeness (QED) is 0.685. The van der Waals surface area contributed by atoms with Gasteiger partial charge in [-0.15, -0.1) is 0 Å². The first kappa shape index (κ1) is 19.9. The fourth-order valence-corrected chi connectivity index (χ4v) is 2.70. The lowest BCUT2D eigenvalue weighted by molar-refractivity contribution is -0.117. The molecule has 0 aromatic heterocycles. The lowest BCUT2D eigenvalue weighted by Crippen LogP contribution is -2.39. The van der Waals surface area contributed by atoms with Gasteiger partial charge in [-0.3, -0.25) is 9.69 Å². The van der Waals surface area contributed by atoms with Crippen LogP contribution in [0.25, 0.3) is 0 Å². The number of hydrogen-bond donors (Lipinski definition) is 2. The average Bonchev–Trinajstić information content (AvgIpc) is 2.61. The van der Waals surface area contributed by atoms with Gasteiger partial charge in [0, 0.05) is 19.1 Å². The zero-order valence-electron chi connectivity index (χ0n) is 15.5. The summed E-state index contributed by atoms with van der Waals surface area (Å²) in [5.74, 6) is 0.303. The Morgan fingerprint density at radius 2 is 1.73 bits per heavy atom. The van der Waals surface area contributed by atoms with Crippen LogP contribution in [0.3, 0.4) is 0 Å². The second-order valence-corrected chi connectivity index (χ2v) is 6.76. The molecule has 0 radical (unpaired) electrons. The number of hydrogen-bond acceptors (Lipinski definition) is 4. The molecule has 0 heterocycles. The van der Waals surface area contributed by atoms with Gasteiger partial charge in [-0.1, -0.05) is 42.5 Å². The van der Waals surface area contributed by atoms with Crippen LogP contribution in [0.15, 0.2) is 54.6 Å². The molecule has 2 aromatic carbocycles. The summed E-state index contributed by atoms with van der Waals surface area (Å²) in [5.41, 5.74) is 7.25. The number of ether oxygens (including phenoxy) is 1. The lowest BCUT2D eigenvalue weighted by atomic mass is 10.1. The van der Waals surface area contributed by atoms with E-state index in [2.05, 4.69) is 30.9 Å². The third kappa shape index (κ3) is 6.86. The summed E-state index contributed by atoms with van der Waals surface area (Å²) in [7, 11) is 0. The molecule has 0 bridgehead atoms. The van der Waals surface area contributed by atoms with Crippen molar-refractivity contribution in [2.75, 3.05) is 13.2 Å². The molecule has 3 N–H and O–H groups in total. The first-order valence-corrected chi connectivity index (χ1v) is 8.90. The highest BCUT2D eigenvalue weighted by atomic mass is 16.5. The van der Waals surface area contributed by atoms with Crippen molar-refractivity contribution in [3.05, 3.63) is 65.7 Å². The topological polar surface area (TPSA) is 75.8 Å². The Balaban J connectivity index is 1.83. The second-order valence-electron chi connectivity index (χ2n) is 6.76. The minimum Gasteiger partial charge on any atom is -0.491 e. The maximum Gasteiger partial charge on any atom is 0.221 e. The van der Waals surface area contributed by atoms with Crippen molar-refractivity contribution in [2.45, 2.75) is 39.0 Å². The number of amides is 1. The number of rotatable bonds is 10. The molecule has 0 saturated heterocycles. The molecular formula is C21H28N2O3. The lowest BCUT2D eigenvalue weighted by Gasteiger charge is -2.28. The Morgan fingerprint density at radius 3 is 2.31 bits per heavy atom. The number of benzene rings is 2. The Hall–Kier alpha value is -2.37. The van der Waals surface area contributed by atoms with Crippen LogP contribution in [-0.4, -0.2) is 41.2 Å². The van der Waals surface area contributed by atoms with Gasteiger partial charge in [0.05, 0.1) is 6.42 Å². The molecule has 1 atom stereocenters. The molecule has 1 amide bonds. The number of primary amides is 1. The summed E-state index contributed by atoms with van der Waals surface area (Å²) in [4.78, 5) is 13.1. The highest BCUT2D eigenvalue weighted by Gasteiger charge is 2.16. The molecule has 2 rings (SSSR count). The van der Waals surface area contributed by atoms with E-state index in [1.165, 1.54) is 5.56 Å². The van der Waals surface area contributed by atoms with Crippen molar-refractivity contribution < 1.29 is 14.6 Å². The van der Waals surface area contributed by atoms with E-state index in [4.69, 9.17) is 10.5 Å². The Bertz CT molecular complexity index is 671. The number of aliphatic hydroxyl groups excluding tert-OH is 1. The molecule has 140 valence electrons. The molecule has 5 heteroatoms. The van der Waals surface area contributed by atoms with Crippen molar-refractivity contribution >= 4 is 5.91 Å². The third-order valence-electron chi connectivity index (χ3n) is 4.15. The average molecular weight is 356 g/mol. The first-order valence-electron chi connectivity index (χ1n) is 8.90. The van der Waals surface area contributed by atoms with Gasteiger partial charge in [0.2, 0.25) is 5.91 Å². The molecule has 0 saturated carbocycles. The number of carbonyl (C=O) groups is 1. The highest BCUT2D eigenvalue weighted by Crippen LogP contribution is 2.14. The van der Waals surface area contributed by atoms with Crippen molar-refractivity contribution in [3.8, 4) is 5.75 Å². The van der Waals surface area contributed by atoms with Gasteiger partial charge in [0.15, 0.2) is 0 Å². The minimum absolute atomic E-state index is 0.214. The molecule has 0 spiro atoms. The van der Waals surface area contributed by atoms with Crippen LogP contribution in [0.4, 0.5) is 0 Å². The fourth-order valence-electron chi connectivity index (χ4n) is 2.70. The SMILES string of the molecule is CC(C)N(Cc1ccccc1)CC(O)COc1ccc(CC(N)=O)cc1. The van der Waals surface area contributed by atoms with Crippen molar-refractivity contribution in [1.82, 2.24) is 4.90 Å². The molecule has 5 nitrogen and oxygen atoms in total. The van der Waals surface area contributed by atoms with Crippen molar-refractivity contribution in [2.24, 2.45) is 5.73 Å². The van der Waals surface area contributed by atoms with Crippen LogP contribution in [0.5, 0.6) is 5.75 Å². The van der Waals surface area contributed by atoms with Gasteiger partial charge in [0.1, 0.15) is 18.5 Å². The largest absolute Gasteiger partial charge is 0.491 e. The van der Waals surface area contributed by atoms with Crippen LogP contribution in [0.1, 0.15) is 25.0 Å². The standard InChI is InChI=1S/C21H28N2O3/c1-16(2)23(13-18-6-4-3-5-7-18)14-19(24)15-26-20-10-8-17(9-11-20)12-21(22)25/h3-11,16,19,24H,12-15H2,1-2H3,(H2,22,25). The predicted octanol–water partition coefficient (Wildman–Crippen LogP) is 2.36. The van der Waals surface area contributed by atoms with Crippen LogP contribution in [-0.2, 0) is 17.8 Å². The maximum atomic E-state index is 10.9. The van der Waals surface area contributed by atoms with E-state index in [9.17, 15) is 9.90 Å². The molecule has 0 fully saturated rings. The third-order valence-corrected chi connectivity index (χ3v) is 4.15. The normalized spacial score (nSPS) is 12.3. The maximum absolute atomic E-state index is 10.9. The second kappa shape index (κ2) is 9.94. The van der Waals surface area contributed by atoms with Gasteiger partial charge >= 0.3 is 0 Å². The molecular weight excluding hydrogens is 328 g/mol. The number of aliphatic hydroxyl groups is 1. The zero-order valence-corrected chi connectivity index (χ0v) is 15.5. The van der Waals surface area contributed by atoms with Crippen LogP contribution in [0.2, 0.25) is 0 Å². The molecule has 0 aliphatic rings. The van der Waals surface area contributed by atoms with Crippen LogP contribution < -0.4 is 10.5 Å². The van der Waals surface area contributed by atoms with Crippen LogP contribution in [0, 0.1) is 0 Å². The summed E-state index contributed by atoms with van der Waals surface area (Å²) >= 11 is 0. The van der Waals surface area contributed by atoms with E-state index in [0.717, 1.165) is 12.1 Å². The Morgan fingerprint density at radius 1 is 1.08 bits per heavy atom.